The minimum Gasteiger partial charge on any atom is -0.463 e. The second-order valence-corrected chi connectivity index (χ2v) is 6.77. The van der Waals surface area contributed by atoms with Crippen LogP contribution in [0.2, 0.25) is 0 Å². The summed E-state index contributed by atoms with van der Waals surface area (Å²) in [6, 6.07) is 0. The van der Waals surface area contributed by atoms with E-state index in [-0.39, 0.29) is 25.2 Å². The van der Waals surface area contributed by atoms with E-state index in [0.29, 0.717) is 0 Å². The molecule has 31 heavy (non-hydrogen) atoms. The van der Waals surface area contributed by atoms with Crippen LogP contribution in [0, 0.1) is 0 Å². The SMILES string of the molecule is C=C(C[C@H]1O[C@H](COC(C)=O)[C@H](OC(C)=O)[C@H](OC(C)=O)[C@H]1OC(C)=O)C(=O)OCC. The summed E-state index contributed by atoms with van der Waals surface area (Å²) in [5.41, 5.74) is 0.0164. The number of hydrogen-bond acceptors (Lipinski definition) is 11. The zero-order chi connectivity index (χ0) is 23.7. The molecule has 1 rings (SSSR count). The number of hydrogen-bond donors (Lipinski definition) is 0. The summed E-state index contributed by atoms with van der Waals surface area (Å²) >= 11 is 0. The molecule has 0 aliphatic carbocycles. The van der Waals surface area contributed by atoms with E-state index in [0.717, 1.165) is 20.8 Å². The first-order valence-electron chi connectivity index (χ1n) is 9.61. The fourth-order valence-electron chi connectivity index (χ4n) is 3.04. The Bertz CT molecular complexity index is 714. The average molecular weight is 444 g/mol. The lowest BCUT2D eigenvalue weighted by Gasteiger charge is -2.44. The molecule has 0 unspecified atom stereocenters. The Morgan fingerprint density at radius 1 is 0.742 bits per heavy atom. The molecule has 174 valence electrons. The Morgan fingerprint density at radius 2 is 1.23 bits per heavy atom. The van der Waals surface area contributed by atoms with Crippen LogP contribution in [-0.2, 0) is 52.4 Å². The van der Waals surface area contributed by atoms with Crippen LogP contribution in [0.25, 0.3) is 0 Å². The van der Waals surface area contributed by atoms with Gasteiger partial charge in [0, 0.05) is 39.7 Å². The Labute approximate surface area is 179 Å². The number of rotatable bonds is 9. The molecule has 0 spiro atoms. The Hall–Kier alpha value is -2.95. The molecule has 0 aromatic carbocycles. The lowest BCUT2D eigenvalue weighted by molar-refractivity contribution is -0.252. The molecule has 0 amide bonds. The molecule has 1 fully saturated rings. The highest BCUT2D eigenvalue weighted by molar-refractivity contribution is 5.87. The summed E-state index contributed by atoms with van der Waals surface area (Å²) in [4.78, 5) is 58.4. The summed E-state index contributed by atoms with van der Waals surface area (Å²) in [7, 11) is 0. The van der Waals surface area contributed by atoms with Gasteiger partial charge in [0.25, 0.3) is 0 Å². The Morgan fingerprint density at radius 3 is 1.68 bits per heavy atom. The minimum absolute atomic E-state index is 0.0164. The third kappa shape index (κ3) is 8.36. The summed E-state index contributed by atoms with van der Waals surface area (Å²) in [5.74, 6) is -3.50. The molecular weight excluding hydrogens is 416 g/mol. The first-order valence-corrected chi connectivity index (χ1v) is 9.61. The van der Waals surface area contributed by atoms with E-state index in [1.807, 2.05) is 0 Å². The smallest absolute Gasteiger partial charge is 0.333 e. The van der Waals surface area contributed by atoms with Gasteiger partial charge in [-0.2, -0.15) is 0 Å². The molecule has 0 aromatic rings. The predicted octanol–water partition coefficient (Wildman–Crippen LogP) is 0.621. The molecule has 1 saturated heterocycles. The zero-order valence-electron chi connectivity index (χ0n) is 18.2. The van der Waals surface area contributed by atoms with Gasteiger partial charge in [-0.15, -0.1) is 0 Å². The largest absolute Gasteiger partial charge is 0.463 e. The molecule has 0 bridgehead atoms. The van der Waals surface area contributed by atoms with E-state index in [1.165, 1.54) is 6.92 Å². The van der Waals surface area contributed by atoms with E-state index in [4.69, 9.17) is 28.4 Å². The summed E-state index contributed by atoms with van der Waals surface area (Å²) < 4.78 is 31.7. The highest BCUT2D eigenvalue weighted by Crippen LogP contribution is 2.32. The zero-order valence-corrected chi connectivity index (χ0v) is 18.2. The fraction of sp³-hybridized carbons (Fsp3) is 0.650. The molecule has 0 radical (unpaired) electrons. The second kappa shape index (κ2) is 12.0. The lowest BCUT2D eigenvalue weighted by atomic mass is 9.91. The highest BCUT2D eigenvalue weighted by Gasteiger charge is 2.52. The van der Waals surface area contributed by atoms with E-state index >= 15 is 0 Å². The van der Waals surface area contributed by atoms with Gasteiger partial charge < -0.3 is 28.4 Å². The maximum atomic E-state index is 12.0. The molecule has 1 aliphatic heterocycles. The van der Waals surface area contributed by atoms with Crippen LogP contribution in [0.1, 0.15) is 41.0 Å². The van der Waals surface area contributed by atoms with Crippen molar-refractivity contribution in [2.75, 3.05) is 13.2 Å². The van der Waals surface area contributed by atoms with Gasteiger partial charge in [0.2, 0.25) is 0 Å². The number of carbonyl (C=O) groups excluding carboxylic acids is 5. The van der Waals surface area contributed by atoms with Crippen LogP contribution in [0.4, 0.5) is 0 Å². The second-order valence-electron chi connectivity index (χ2n) is 6.77. The van der Waals surface area contributed by atoms with Crippen molar-refractivity contribution in [3.8, 4) is 0 Å². The quantitative estimate of drug-likeness (QED) is 0.281. The van der Waals surface area contributed by atoms with Gasteiger partial charge in [-0.3, -0.25) is 19.2 Å². The van der Waals surface area contributed by atoms with Gasteiger partial charge in [0.15, 0.2) is 18.3 Å². The van der Waals surface area contributed by atoms with Crippen LogP contribution in [0.3, 0.4) is 0 Å². The highest BCUT2D eigenvalue weighted by atomic mass is 16.7. The van der Waals surface area contributed by atoms with Crippen molar-refractivity contribution in [2.45, 2.75) is 71.6 Å². The van der Waals surface area contributed by atoms with Crippen LogP contribution >= 0.6 is 0 Å². The van der Waals surface area contributed by atoms with Crippen molar-refractivity contribution < 1.29 is 52.4 Å². The van der Waals surface area contributed by atoms with Crippen LogP contribution in [0.5, 0.6) is 0 Å². The molecule has 1 heterocycles. The van der Waals surface area contributed by atoms with Crippen molar-refractivity contribution in [3.63, 3.8) is 0 Å². The first-order chi connectivity index (χ1) is 14.5. The van der Waals surface area contributed by atoms with Gasteiger partial charge >= 0.3 is 29.8 Å². The van der Waals surface area contributed by atoms with Crippen molar-refractivity contribution in [1.29, 1.82) is 0 Å². The molecule has 0 saturated carbocycles. The molecule has 11 nitrogen and oxygen atoms in total. The van der Waals surface area contributed by atoms with Crippen LogP contribution in [0.15, 0.2) is 12.2 Å². The van der Waals surface area contributed by atoms with Gasteiger partial charge in [-0.05, 0) is 6.92 Å². The van der Waals surface area contributed by atoms with E-state index in [2.05, 4.69) is 6.58 Å². The Balaban J connectivity index is 3.33. The third-order valence-corrected chi connectivity index (χ3v) is 4.10. The number of carbonyl (C=O) groups is 5. The molecule has 5 atom stereocenters. The normalized spacial score (nSPS) is 25.0. The van der Waals surface area contributed by atoms with Crippen molar-refractivity contribution in [3.05, 3.63) is 12.2 Å². The van der Waals surface area contributed by atoms with Crippen LogP contribution in [-0.4, -0.2) is 73.6 Å². The van der Waals surface area contributed by atoms with Crippen molar-refractivity contribution in [1.82, 2.24) is 0 Å². The lowest BCUT2D eigenvalue weighted by Crippen LogP contribution is -2.62. The fourth-order valence-corrected chi connectivity index (χ4v) is 3.04. The van der Waals surface area contributed by atoms with E-state index in [9.17, 15) is 24.0 Å². The predicted molar refractivity (Wildman–Crippen MR) is 102 cm³/mol. The number of esters is 5. The average Bonchev–Trinajstić information content (AvgIpc) is 2.63. The monoisotopic (exact) mass is 444 g/mol. The summed E-state index contributed by atoms with van der Waals surface area (Å²) in [6.07, 6.45) is -6.07. The Kier molecular flexibility index (Phi) is 10.1. The first kappa shape index (κ1) is 26.1. The van der Waals surface area contributed by atoms with Gasteiger partial charge in [0.1, 0.15) is 18.8 Å². The molecule has 11 heteroatoms. The molecule has 0 aromatic heterocycles. The van der Waals surface area contributed by atoms with Crippen LogP contribution < -0.4 is 0 Å². The van der Waals surface area contributed by atoms with E-state index < -0.39 is 60.4 Å². The molecule has 0 N–H and O–H groups in total. The van der Waals surface area contributed by atoms with Gasteiger partial charge in [-0.1, -0.05) is 6.58 Å². The maximum absolute atomic E-state index is 12.0. The standard InChI is InChI=1S/C20H28O11/c1-7-26-20(25)10(2)8-15-17(28-12(4)22)19(30-14(6)24)18(29-13(5)23)16(31-15)9-27-11(3)21/h15-19H,2,7-9H2,1,3-6H3/t15-,16-,17+,18+,19-/m1/s1. The summed E-state index contributed by atoms with van der Waals surface area (Å²) in [6.45, 7) is 9.62. The van der Waals surface area contributed by atoms with Gasteiger partial charge in [-0.25, -0.2) is 4.79 Å². The topological polar surface area (TPSA) is 141 Å². The molecular formula is C20H28O11. The molecule has 1 aliphatic rings. The maximum Gasteiger partial charge on any atom is 0.333 e. The minimum atomic E-state index is -1.29. The number of ether oxygens (including phenoxy) is 6. The van der Waals surface area contributed by atoms with Crippen molar-refractivity contribution >= 4 is 29.8 Å². The van der Waals surface area contributed by atoms with Crippen molar-refractivity contribution in [2.24, 2.45) is 0 Å². The van der Waals surface area contributed by atoms with E-state index in [1.54, 1.807) is 6.92 Å². The van der Waals surface area contributed by atoms with Gasteiger partial charge in [0.05, 0.1) is 6.61 Å². The summed E-state index contributed by atoms with van der Waals surface area (Å²) in [5, 5.41) is 0. The third-order valence-electron chi connectivity index (χ3n) is 4.10.